The lowest BCUT2D eigenvalue weighted by molar-refractivity contribution is -0.140. The standard InChI is InChI=1S/C12H21N3O5/c13-10(16)7-9(11(17)18)15-12(19)14-5-4-8-3-1-2-6-20-8/h8-9H,1-7H2,(H2,13,16)(H,17,18)(H2,14,15,19). The number of aliphatic carboxylic acids is 1. The van der Waals surface area contributed by atoms with E-state index in [0.29, 0.717) is 13.0 Å². The number of carbonyl (C=O) groups excluding carboxylic acids is 2. The molecule has 0 saturated carbocycles. The lowest BCUT2D eigenvalue weighted by Gasteiger charge is -2.22. The minimum absolute atomic E-state index is 0.143. The topological polar surface area (TPSA) is 131 Å². The van der Waals surface area contributed by atoms with Gasteiger partial charge in [-0.3, -0.25) is 4.79 Å². The summed E-state index contributed by atoms with van der Waals surface area (Å²) in [6.07, 6.45) is 3.55. The maximum atomic E-state index is 11.5. The SMILES string of the molecule is NC(=O)CC(NC(=O)NCCC1CCCCO1)C(=O)O. The van der Waals surface area contributed by atoms with Crippen LogP contribution in [0.1, 0.15) is 32.1 Å². The van der Waals surface area contributed by atoms with E-state index in [1.165, 1.54) is 0 Å². The molecule has 20 heavy (non-hydrogen) atoms. The molecule has 1 fully saturated rings. The van der Waals surface area contributed by atoms with Crippen LogP contribution >= 0.6 is 0 Å². The Balaban J connectivity index is 2.23. The van der Waals surface area contributed by atoms with Crippen molar-refractivity contribution in [3.63, 3.8) is 0 Å². The van der Waals surface area contributed by atoms with Crippen LogP contribution < -0.4 is 16.4 Å². The number of carbonyl (C=O) groups is 3. The van der Waals surface area contributed by atoms with E-state index in [1.807, 2.05) is 0 Å². The highest BCUT2D eigenvalue weighted by Gasteiger charge is 2.22. The van der Waals surface area contributed by atoms with Gasteiger partial charge in [-0.15, -0.1) is 0 Å². The first-order valence-electron chi connectivity index (χ1n) is 6.66. The van der Waals surface area contributed by atoms with Gasteiger partial charge in [-0.1, -0.05) is 0 Å². The summed E-state index contributed by atoms with van der Waals surface area (Å²) in [6, 6.07) is -1.94. The Morgan fingerprint density at radius 1 is 1.35 bits per heavy atom. The molecule has 8 nitrogen and oxygen atoms in total. The average Bonchev–Trinajstić information content (AvgIpc) is 2.38. The molecule has 114 valence electrons. The molecule has 1 heterocycles. The molecular formula is C12H21N3O5. The highest BCUT2D eigenvalue weighted by Crippen LogP contribution is 2.14. The summed E-state index contributed by atoms with van der Waals surface area (Å²) in [4.78, 5) is 33.0. The van der Waals surface area contributed by atoms with Gasteiger partial charge in [0.05, 0.1) is 12.5 Å². The highest BCUT2D eigenvalue weighted by atomic mass is 16.5. The molecule has 0 aromatic carbocycles. The molecule has 0 aromatic heterocycles. The molecule has 0 spiro atoms. The summed E-state index contributed by atoms with van der Waals surface area (Å²) in [6.45, 7) is 1.13. The van der Waals surface area contributed by atoms with Gasteiger partial charge in [-0.2, -0.15) is 0 Å². The molecule has 1 saturated heterocycles. The Morgan fingerprint density at radius 2 is 2.10 bits per heavy atom. The zero-order valence-corrected chi connectivity index (χ0v) is 11.3. The van der Waals surface area contributed by atoms with Crippen LogP contribution in [-0.2, 0) is 14.3 Å². The predicted octanol–water partition coefficient (Wildman–Crippen LogP) is -0.427. The number of urea groups is 1. The largest absolute Gasteiger partial charge is 0.480 e. The molecule has 1 aliphatic heterocycles. The monoisotopic (exact) mass is 287 g/mol. The number of carboxylic acid groups (broad SMARTS) is 1. The Labute approximate surface area is 117 Å². The van der Waals surface area contributed by atoms with E-state index in [9.17, 15) is 14.4 Å². The van der Waals surface area contributed by atoms with E-state index >= 15 is 0 Å². The van der Waals surface area contributed by atoms with Gasteiger partial charge in [0.25, 0.3) is 0 Å². The molecule has 3 amide bonds. The first kappa shape index (κ1) is 16.2. The maximum absolute atomic E-state index is 11.5. The fourth-order valence-corrected chi connectivity index (χ4v) is 1.99. The number of hydrogen-bond donors (Lipinski definition) is 4. The number of nitrogens with two attached hydrogens (primary N) is 1. The van der Waals surface area contributed by atoms with Crippen LogP contribution in [0.15, 0.2) is 0 Å². The number of primary amides is 1. The molecule has 0 bridgehead atoms. The van der Waals surface area contributed by atoms with E-state index in [4.69, 9.17) is 15.6 Å². The van der Waals surface area contributed by atoms with E-state index in [2.05, 4.69) is 10.6 Å². The molecule has 2 unspecified atom stereocenters. The first-order valence-corrected chi connectivity index (χ1v) is 6.66. The average molecular weight is 287 g/mol. The molecule has 0 aromatic rings. The second-order valence-corrected chi connectivity index (χ2v) is 4.74. The van der Waals surface area contributed by atoms with Gasteiger partial charge >= 0.3 is 12.0 Å². The third kappa shape index (κ3) is 6.37. The molecule has 2 atom stereocenters. The third-order valence-electron chi connectivity index (χ3n) is 3.03. The smallest absolute Gasteiger partial charge is 0.326 e. The zero-order valence-electron chi connectivity index (χ0n) is 11.3. The minimum atomic E-state index is -1.31. The summed E-state index contributed by atoms with van der Waals surface area (Å²) >= 11 is 0. The van der Waals surface area contributed by atoms with Gasteiger partial charge in [-0.05, 0) is 25.7 Å². The van der Waals surface area contributed by atoms with Crippen LogP contribution in [0.5, 0.6) is 0 Å². The number of carboxylic acids is 1. The van der Waals surface area contributed by atoms with Crippen molar-refractivity contribution in [1.29, 1.82) is 0 Å². The summed E-state index contributed by atoms with van der Waals surface area (Å²) in [5.74, 6) is -2.08. The van der Waals surface area contributed by atoms with Crippen molar-refractivity contribution < 1.29 is 24.2 Å². The Bertz CT molecular complexity index is 355. The zero-order chi connectivity index (χ0) is 15.0. The number of amides is 3. The predicted molar refractivity (Wildman–Crippen MR) is 70.0 cm³/mol. The van der Waals surface area contributed by atoms with Crippen molar-refractivity contribution in [2.24, 2.45) is 5.73 Å². The summed E-state index contributed by atoms with van der Waals surface area (Å²) in [7, 11) is 0. The fourth-order valence-electron chi connectivity index (χ4n) is 1.99. The number of nitrogens with one attached hydrogen (secondary N) is 2. The van der Waals surface area contributed by atoms with E-state index in [0.717, 1.165) is 25.9 Å². The van der Waals surface area contributed by atoms with Crippen molar-refractivity contribution in [1.82, 2.24) is 10.6 Å². The lowest BCUT2D eigenvalue weighted by atomic mass is 10.1. The molecular weight excluding hydrogens is 266 g/mol. The van der Waals surface area contributed by atoms with Crippen molar-refractivity contribution in [3.8, 4) is 0 Å². The van der Waals surface area contributed by atoms with Crippen LogP contribution in [0, 0.1) is 0 Å². The Kier molecular flexibility index (Phi) is 6.78. The van der Waals surface area contributed by atoms with E-state index in [1.54, 1.807) is 0 Å². The summed E-state index contributed by atoms with van der Waals surface area (Å²) in [5, 5.41) is 13.6. The molecule has 1 aliphatic rings. The summed E-state index contributed by atoms with van der Waals surface area (Å²) in [5.41, 5.74) is 4.91. The van der Waals surface area contributed by atoms with E-state index < -0.39 is 30.4 Å². The second-order valence-electron chi connectivity index (χ2n) is 4.74. The van der Waals surface area contributed by atoms with Crippen LogP contribution in [0.3, 0.4) is 0 Å². The summed E-state index contributed by atoms with van der Waals surface area (Å²) < 4.78 is 5.50. The Hall–Kier alpha value is -1.83. The second kappa shape index (κ2) is 8.36. The highest BCUT2D eigenvalue weighted by molar-refractivity contribution is 5.87. The van der Waals surface area contributed by atoms with Gasteiger partial charge in [0.15, 0.2) is 0 Å². The third-order valence-corrected chi connectivity index (χ3v) is 3.03. The van der Waals surface area contributed by atoms with Crippen LogP contribution in [0.25, 0.3) is 0 Å². The van der Waals surface area contributed by atoms with Gasteiger partial charge in [0, 0.05) is 13.2 Å². The van der Waals surface area contributed by atoms with Crippen molar-refractivity contribution in [3.05, 3.63) is 0 Å². The first-order chi connectivity index (χ1) is 9.49. The fraction of sp³-hybridized carbons (Fsp3) is 0.750. The number of hydrogen-bond acceptors (Lipinski definition) is 4. The van der Waals surface area contributed by atoms with Gasteiger partial charge < -0.3 is 26.2 Å². The van der Waals surface area contributed by atoms with Gasteiger partial charge in [0.1, 0.15) is 6.04 Å². The molecule has 0 radical (unpaired) electrons. The van der Waals surface area contributed by atoms with Crippen molar-refractivity contribution in [2.45, 2.75) is 44.2 Å². The van der Waals surface area contributed by atoms with Crippen LogP contribution in [0.4, 0.5) is 4.79 Å². The van der Waals surface area contributed by atoms with Gasteiger partial charge in [0.2, 0.25) is 5.91 Å². The molecule has 0 aliphatic carbocycles. The number of rotatable bonds is 7. The molecule has 1 rings (SSSR count). The Morgan fingerprint density at radius 3 is 2.65 bits per heavy atom. The van der Waals surface area contributed by atoms with Gasteiger partial charge in [-0.25, -0.2) is 9.59 Å². The van der Waals surface area contributed by atoms with Crippen LogP contribution in [-0.4, -0.2) is 48.3 Å². The van der Waals surface area contributed by atoms with E-state index in [-0.39, 0.29) is 6.10 Å². The van der Waals surface area contributed by atoms with Crippen molar-refractivity contribution >= 4 is 17.9 Å². The molecule has 8 heteroatoms. The van der Waals surface area contributed by atoms with Crippen LogP contribution in [0.2, 0.25) is 0 Å². The molecule has 5 N–H and O–H groups in total. The lowest BCUT2D eigenvalue weighted by Crippen LogP contribution is -2.48. The van der Waals surface area contributed by atoms with Crippen molar-refractivity contribution in [2.75, 3.05) is 13.2 Å². The maximum Gasteiger partial charge on any atom is 0.326 e. The normalized spacial score (nSPS) is 19.9. The quantitative estimate of drug-likeness (QED) is 0.505. The number of ether oxygens (including phenoxy) is 1. The minimum Gasteiger partial charge on any atom is -0.480 e.